The number of nitrogens with zero attached hydrogens (tertiary/aromatic N) is 3. The smallest absolute Gasteiger partial charge is 0.403 e. The molecule has 0 bridgehead atoms. The normalized spacial score (nSPS) is 13.6. The van der Waals surface area contributed by atoms with E-state index in [9.17, 15) is 18.0 Å². The zero-order chi connectivity index (χ0) is 13.8. The van der Waals surface area contributed by atoms with Gasteiger partial charge in [-0.25, -0.2) is 0 Å². The van der Waals surface area contributed by atoms with Crippen molar-refractivity contribution in [3.8, 4) is 0 Å². The number of aromatic nitrogens is 3. The third kappa shape index (κ3) is 3.69. The van der Waals surface area contributed by atoms with Gasteiger partial charge in [-0.05, 0) is 6.92 Å². The first-order chi connectivity index (χ1) is 8.36. The lowest BCUT2D eigenvalue weighted by molar-refractivity contribution is -0.192. The van der Waals surface area contributed by atoms with Gasteiger partial charge in [-0.1, -0.05) is 0 Å². The minimum Gasteiger partial charge on any atom is -0.481 e. The molecule has 0 spiro atoms. The molecule has 1 aromatic rings. The molecular formula is C9H13F3N4O2. The van der Waals surface area contributed by atoms with Gasteiger partial charge in [0.05, 0.1) is 6.54 Å². The summed E-state index contributed by atoms with van der Waals surface area (Å²) in [6.07, 6.45) is -3.31. The fourth-order valence-corrected chi connectivity index (χ4v) is 1.35. The van der Waals surface area contributed by atoms with Crippen molar-refractivity contribution in [2.75, 3.05) is 6.54 Å². The summed E-state index contributed by atoms with van der Waals surface area (Å²) in [6.45, 7) is 1.76. The summed E-state index contributed by atoms with van der Waals surface area (Å²) in [7, 11) is 0. The molecule has 0 aliphatic rings. The minimum atomic E-state index is -4.77. The first-order valence-corrected chi connectivity index (χ1v) is 5.23. The fourth-order valence-electron chi connectivity index (χ4n) is 1.35. The number of carboxylic acid groups (broad SMARTS) is 1. The molecule has 0 saturated heterocycles. The summed E-state index contributed by atoms with van der Waals surface area (Å²) in [5.74, 6) is -3.86. The van der Waals surface area contributed by atoms with Gasteiger partial charge >= 0.3 is 12.1 Å². The largest absolute Gasteiger partial charge is 0.481 e. The van der Waals surface area contributed by atoms with Gasteiger partial charge in [-0.2, -0.15) is 13.2 Å². The monoisotopic (exact) mass is 266 g/mol. The van der Waals surface area contributed by atoms with E-state index in [1.54, 1.807) is 4.57 Å². The Morgan fingerprint density at radius 2 is 2.28 bits per heavy atom. The van der Waals surface area contributed by atoms with Crippen LogP contribution in [-0.4, -0.2) is 38.6 Å². The van der Waals surface area contributed by atoms with Crippen molar-refractivity contribution in [2.24, 2.45) is 5.92 Å². The number of rotatable bonds is 6. The Kier molecular flexibility index (Phi) is 4.65. The first kappa shape index (κ1) is 14.4. The molecule has 102 valence electrons. The molecule has 1 unspecified atom stereocenters. The SMILES string of the molecule is CCn1cnnc1CNCC(C(=O)O)C(F)(F)F. The Balaban J connectivity index is 2.52. The number of hydrogen-bond acceptors (Lipinski definition) is 4. The van der Waals surface area contributed by atoms with Crippen molar-refractivity contribution in [2.45, 2.75) is 26.2 Å². The molecule has 18 heavy (non-hydrogen) atoms. The van der Waals surface area contributed by atoms with Crippen LogP contribution >= 0.6 is 0 Å². The molecule has 1 aromatic heterocycles. The topological polar surface area (TPSA) is 80.0 Å². The predicted molar refractivity (Wildman–Crippen MR) is 54.6 cm³/mol. The van der Waals surface area contributed by atoms with Crippen LogP contribution in [0.1, 0.15) is 12.7 Å². The average Bonchev–Trinajstić information content (AvgIpc) is 2.69. The van der Waals surface area contributed by atoms with Crippen molar-refractivity contribution in [3.63, 3.8) is 0 Å². The zero-order valence-electron chi connectivity index (χ0n) is 9.61. The lowest BCUT2D eigenvalue weighted by Crippen LogP contribution is -2.39. The highest BCUT2D eigenvalue weighted by Gasteiger charge is 2.44. The number of aryl methyl sites for hydroxylation is 1. The molecule has 0 radical (unpaired) electrons. The fraction of sp³-hybridized carbons (Fsp3) is 0.667. The van der Waals surface area contributed by atoms with Crippen LogP contribution in [0.5, 0.6) is 0 Å². The summed E-state index contributed by atoms with van der Waals surface area (Å²) in [5, 5.41) is 18.2. The summed E-state index contributed by atoms with van der Waals surface area (Å²) in [5.41, 5.74) is 0. The Morgan fingerprint density at radius 3 is 2.78 bits per heavy atom. The van der Waals surface area contributed by atoms with Crippen LogP contribution in [0.15, 0.2) is 6.33 Å². The Labute approximate surface area is 101 Å². The van der Waals surface area contributed by atoms with Gasteiger partial charge in [0, 0.05) is 13.1 Å². The van der Waals surface area contributed by atoms with Crippen LogP contribution in [0.2, 0.25) is 0 Å². The minimum absolute atomic E-state index is 0.0354. The first-order valence-electron chi connectivity index (χ1n) is 5.23. The molecular weight excluding hydrogens is 253 g/mol. The lowest BCUT2D eigenvalue weighted by atomic mass is 10.1. The molecule has 1 rings (SSSR count). The molecule has 0 aliphatic heterocycles. The molecule has 1 heterocycles. The molecule has 0 saturated carbocycles. The molecule has 0 amide bonds. The van der Waals surface area contributed by atoms with Crippen molar-refractivity contribution < 1.29 is 23.1 Å². The van der Waals surface area contributed by atoms with E-state index >= 15 is 0 Å². The maximum atomic E-state index is 12.3. The summed E-state index contributed by atoms with van der Waals surface area (Å²) in [6, 6.07) is 0. The molecule has 6 nitrogen and oxygen atoms in total. The highest BCUT2D eigenvalue weighted by atomic mass is 19.4. The second-order valence-corrected chi connectivity index (χ2v) is 3.60. The number of hydrogen-bond donors (Lipinski definition) is 2. The molecule has 0 fully saturated rings. The maximum Gasteiger partial charge on any atom is 0.403 e. The van der Waals surface area contributed by atoms with Crippen LogP contribution in [0.4, 0.5) is 13.2 Å². The van der Waals surface area contributed by atoms with E-state index in [0.717, 1.165) is 0 Å². The quantitative estimate of drug-likeness (QED) is 0.790. The van der Waals surface area contributed by atoms with Gasteiger partial charge in [-0.3, -0.25) is 4.79 Å². The Morgan fingerprint density at radius 1 is 1.61 bits per heavy atom. The van der Waals surface area contributed by atoms with Crippen LogP contribution < -0.4 is 5.32 Å². The summed E-state index contributed by atoms with van der Waals surface area (Å²) in [4.78, 5) is 10.5. The van der Waals surface area contributed by atoms with Gasteiger partial charge in [-0.15, -0.1) is 10.2 Å². The van der Waals surface area contributed by atoms with E-state index in [0.29, 0.717) is 12.4 Å². The summed E-state index contributed by atoms with van der Waals surface area (Å²) < 4.78 is 38.6. The predicted octanol–water partition coefficient (Wildman–Crippen LogP) is 0.651. The van der Waals surface area contributed by atoms with E-state index in [1.807, 2.05) is 6.92 Å². The number of alkyl halides is 3. The highest BCUT2D eigenvalue weighted by molar-refractivity contribution is 5.71. The third-order valence-corrected chi connectivity index (χ3v) is 2.36. The second-order valence-electron chi connectivity index (χ2n) is 3.60. The lowest BCUT2D eigenvalue weighted by Gasteiger charge is -2.16. The van der Waals surface area contributed by atoms with Gasteiger partial charge in [0.25, 0.3) is 0 Å². The van der Waals surface area contributed by atoms with E-state index < -0.39 is 24.6 Å². The van der Waals surface area contributed by atoms with Gasteiger partial charge in [0.2, 0.25) is 0 Å². The van der Waals surface area contributed by atoms with Crippen molar-refractivity contribution in [3.05, 3.63) is 12.2 Å². The zero-order valence-corrected chi connectivity index (χ0v) is 9.61. The number of aliphatic carboxylic acids is 1. The van der Waals surface area contributed by atoms with E-state index in [2.05, 4.69) is 15.5 Å². The second kappa shape index (κ2) is 5.80. The van der Waals surface area contributed by atoms with Gasteiger partial charge in [0.15, 0.2) is 5.92 Å². The third-order valence-electron chi connectivity index (χ3n) is 2.36. The van der Waals surface area contributed by atoms with Crippen LogP contribution in [-0.2, 0) is 17.9 Å². The molecule has 0 aliphatic carbocycles. The average molecular weight is 266 g/mol. The van der Waals surface area contributed by atoms with Crippen molar-refractivity contribution in [1.82, 2.24) is 20.1 Å². The highest BCUT2D eigenvalue weighted by Crippen LogP contribution is 2.25. The number of nitrogens with one attached hydrogen (secondary N) is 1. The molecule has 0 aromatic carbocycles. The van der Waals surface area contributed by atoms with Crippen molar-refractivity contribution in [1.29, 1.82) is 0 Å². The van der Waals surface area contributed by atoms with E-state index in [-0.39, 0.29) is 6.54 Å². The van der Waals surface area contributed by atoms with E-state index in [4.69, 9.17) is 5.11 Å². The number of carbonyl (C=O) groups is 1. The van der Waals surface area contributed by atoms with Gasteiger partial charge < -0.3 is 15.0 Å². The van der Waals surface area contributed by atoms with E-state index in [1.165, 1.54) is 6.33 Å². The van der Waals surface area contributed by atoms with Crippen molar-refractivity contribution >= 4 is 5.97 Å². The molecule has 9 heteroatoms. The van der Waals surface area contributed by atoms with Crippen LogP contribution in [0, 0.1) is 5.92 Å². The summed E-state index contributed by atoms with van der Waals surface area (Å²) >= 11 is 0. The molecule has 2 N–H and O–H groups in total. The Bertz CT molecular complexity index is 405. The molecule has 1 atom stereocenters. The standard InChI is InChI=1S/C9H13F3N4O2/c1-2-16-5-14-15-7(16)4-13-3-6(8(17)18)9(10,11)12/h5-6,13H,2-4H2,1H3,(H,17,18). The number of carboxylic acids is 1. The Hall–Kier alpha value is -1.64. The van der Waals surface area contributed by atoms with Gasteiger partial charge in [0.1, 0.15) is 12.2 Å². The maximum absolute atomic E-state index is 12.3. The number of halogens is 3. The van der Waals surface area contributed by atoms with Crippen LogP contribution in [0.3, 0.4) is 0 Å². The van der Waals surface area contributed by atoms with Crippen LogP contribution in [0.25, 0.3) is 0 Å².